The number of hydrogen-bond acceptors (Lipinski definition) is 6. The fourth-order valence-corrected chi connectivity index (χ4v) is 2.52. The Morgan fingerprint density at radius 3 is 3.04 bits per heavy atom. The van der Waals surface area contributed by atoms with Crippen LogP contribution in [0.4, 0.5) is 0 Å². The van der Waals surface area contributed by atoms with Crippen molar-refractivity contribution in [3.63, 3.8) is 0 Å². The Labute approximate surface area is 143 Å². The van der Waals surface area contributed by atoms with Gasteiger partial charge in [-0.3, -0.25) is 4.79 Å². The zero-order chi connectivity index (χ0) is 17.2. The van der Waals surface area contributed by atoms with Crippen molar-refractivity contribution in [2.45, 2.75) is 13.5 Å². The highest BCUT2D eigenvalue weighted by Gasteiger charge is 2.15. The number of nitrogens with zero attached hydrogens (tertiary/aromatic N) is 3. The molecule has 0 saturated carbocycles. The van der Waals surface area contributed by atoms with E-state index in [4.69, 9.17) is 14.2 Å². The number of nitrogens with one attached hydrogen (secondary N) is 1. The summed E-state index contributed by atoms with van der Waals surface area (Å²) >= 11 is 0. The average Bonchev–Trinajstić information content (AvgIpc) is 3.25. The van der Waals surface area contributed by atoms with Crippen molar-refractivity contribution < 1.29 is 19.0 Å². The van der Waals surface area contributed by atoms with Crippen LogP contribution in [0.1, 0.15) is 23.0 Å². The maximum absolute atomic E-state index is 12.3. The van der Waals surface area contributed by atoms with Crippen LogP contribution >= 0.6 is 0 Å². The number of rotatable bonds is 5. The number of fused-ring (bicyclic) bond motifs is 2. The average molecular weight is 340 g/mol. The summed E-state index contributed by atoms with van der Waals surface area (Å²) in [5, 5.41) is 7.08. The first-order valence-electron chi connectivity index (χ1n) is 7.89. The summed E-state index contributed by atoms with van der Waals surface area (Å²) in [7, 11) is 0. The largest absolute Gasteiger partial charge is 0.477 e. The molecule has 0 aliphatic carbocycles. The summed E-state index contributed by atoms with van der Waals surface area (Å²) in [6.07, 6.45) is 1.58. The molecular formula is C17H16N4O4. The highest BCUT2D eigenvalue weighted by atomic mass is 16.7. The lowest BCUT2D eigenvalue weighted by Gasteiger charge is -2.04. The molecule has 1 aliphatic heterocycles. The molecule has 1 aliphatic rings. The Morgan fingerprint density at radius 1 is 1.28 bits per heavy atom. The number of ether oxygens (including phenoxy) is 3. The number of aromatic nitrogens is 3. The van der Waals surface area contributed by atoms with Gasteiger partial charge in [-0.2, -0.15) is 0 Å². The lowest BCUT2D eigenvalue weighted by atomic mass is 10.2. The van der Waals surface area contributed by atoms with Gasteiger partial charge < -0.3 is 19.5 Å². The quantitative estimate of drug-likeness (QED) is 0.762. The van der Waals surface area contributed by atoms with E-state index in [2.05, 4.69) is 15.4 Å². The van der Waals surface area contributed by atoms with E-state index in [0.717, 1.165) is 5.56 Å². The summed E-state index contributed by atoms with van der Waals surface area (Å²) in [6, 6.07) is 9.04. The van der Waals surface area contributed by atoms with Crippen LogP contribution in [0.3, 0.4) is 0 Å². The third-order valence-electron chi connectivity index (χ3n) is 3.71. The first-order valence-corrected chi connectivity index (χ1v) is 7.89. The van der Waals surface area contributed by atoms with Gasteiger partial charge in [0.25, 0.3) is 5.91 Å². The highest BCUT2D eigenvalue weighted by molar-refractivity contribution is 5.92. The smallest absolute Gasteiger partial charge is 0.271 e. The normalized spacial score (nSPS) is 12.4. The van der Waals surface area contributed by atoms with E-state index in [1.165, 1.54) is 4.52 Å². The summed E-state index contributed by atoms with van der Waals surface area (Å²) in [5.74, 6) is 1.61. The Morgan fingerprint density at radius 2 is 2.16 bits per heavy atom. The lowest BCUT2D eigenvalue weighted by molar-refractivity contribution is 0.0946. The Bertz CT molecular complexity index is 938. The molecule has 0 saturated heterocycles. The number of carbonyl (C=O) groups excluding carboxylic acids is 1. The van der Waals surface area contributed by atoms with Gasteiger partial charge in [0.05, 0.1) is 12.8 Å². The predicted octanol–water partition coefficient (Wildman–Crippen LogP) is 1.79. The second kappa shape index (κ2) is 6.31. The zero-order valence-corrected chi connectivity index (χ0v) is 13.6. The number of hydrogen-bond donors (Lipinski definition) is 1. The van der Waals surface area contributed by atoms with Gasteiger partial charge in [-0.25, -0.2) is 9.50 Å². The molecule has 8 nitrogen and oxygen atoms in total. The number of carbonyl (C=O) groups is 1. The Hall–Kier alpha value is -3.29. The van der Waals surface area contributed by atoms with Crippen molar-refractivity contribution in [3.05, 3.63) is 47.8 Å². The van der Waals surface area contributed by atoms with Gasteiger partial charge in [-0.1, -0.05) is 6.07 Å². The SMILES string of the molecule is CCOc1ccc2nc(C(=O)NCc3ccc4c(c3)OCO4)cn2n1. The molecule has 4 rings (SSSR count). The second-order valence-corrected chi connectivity index (χ2v) is 5.40. The number of benzene rings is 1. The molecule has 0 unspecified atom stereocenters. The van der Waals surface area contributed by atoms with Crippen LogP contribution in [0.15, 0.2) is 36.5 Å². The molecule has 1 amide bonds. The third-order valence-corrected chi connectivity index (χ3v) is 3.71. The molecule has 8 heteroatoms. The summed E-state index contributed by atoms with van der Waals surface area (Å²) < 4.78 is 17.5. The minimum atomic E-state index is -0.277. The van der Waals surface area contributed by atoms with Gasteiger partial charge in [-0.15, -0.1) is 5.10 Å². The fraction of sp³-hybridized carbons (Fsp3) is 0.235. The van der Waals surface area contributed by atoms with Crippen molar-refractivity contribution in [2.24, 2.45) is 0 Å². The summed E-state index contributed by atoms with van der Waals surface area (Å²) in [4.78, 5) is 16.6. The molecule has 0 radical (unpaired) electrons. The number of imidazole rings is 1. The standard InChI is InChI=1S/C17H16N4O4/c1-2-23-16-6-5-15-19-12(9-21(15)20-16)17(22)18-8-11-3-4-13-14(7-11)25-10-24-13/h3-7,9H,2,8,10H2,1H3,(H,18,22). The predicted molar refractivity (Wildman–Crippen MR) is 87.9 cm³/mol. The van der Waals surface area contributed by atoms with Gasteiger partial charge in [-0.05, 0) is 30.7 Å². The van der Waals surface area contributed by atoms with Crippen molar-refractivity contribution in [1.29, 1.82) is 0 Å². The van der Waals surface area contributed by atoms with Crippen molar-refractivity contribution >= 4 is 11.6 Å². The monoisotopic (exact) mass is 340 g/mol. The van der Waals surface area contributed by atoms with Gasteiger partial charge in [0.15, 0.2) is 17.1 Å². The van der Waals surface area contributed by atoms with Crippen molar-refractivity contribution in [2.75, 3.05) is 13.4 Å². The second-order valence-electron chi connectivity index (χ2n) is 5.40. The molecule has 3 aromatic rings. The van der Waals surface area contributed by atoms with Gasteiger partial charge in [0.1, 0.15) is 5.69 Å². The van der Waals surface area contributed by atoms with Gasteiger partial charge in [0, 0.05) is 12.6 Å². The van der Waals surface area contributed by atoms with Crippen molar-refractivity contribution in [3.8, 4) is 17.4 Å². The molecule has 25 heavy (non-hydrogen) atoms. The summed E-state index contributed by atoms with van der Waals surface area (Å²) in [5.41, 5.74) is 1.79. The Kier molecular flexibility index (Phi) is 3.85. The van der Waals surface area contributed by atoms with Crippen LogP contribution in [-0.2, 0) is 6.54 Å². The van der Waals surface area contributed by atoms with Crippen LogP contribution in [0.25, 0.3) is 5.65 Å². The van der Waals surface area contributed by atoms with E-state index in [1.54, 1.807) is 18.3 Å². The first kappa shape index (κ1) is 15.3. The summed E-state index contributed by atoms with van der Waals surface area (Å²) in [6.45, 7) is 3.00. The molecule has 2 aromatic heterocycles. The van der Waals surface area contributed by atoms with E-state index >= 15 is 0 Å². The molecule has 0 fully saturated rings. The van der Waals surface area contributed by atoms with Crippen LogP contribution < -0.4 is 19.5 Å². The minimum Gasteiger partial charge on any atom is -0.477 e. The van der Waals surface area contributed by atoms with E-state index in [9.17, 15) is 4.79 Å². The van der Waals surface area contributed by atoms with Gasteiger partial charge in [0.2, 0.25) is 12.7 Å². The van der Waals surface area contributed by atoms with E-state index in [1.807, 2.05) is 25.1 Å². The van der Waals surface area contributed by atoms with E-state index in [-0.39, 0.29) is 12.7 Å². The molecule has 1 aromatic carbocycles. The maximum Gasteiger partial charge on any atom is 0.271 e. The fourth-order valence-electron chi connectivity index (χ4n) is 2.52. The van der Waals surface area contributed by atoms with Crippen LogP contribution in [0.2, 0.25) is 0 Å². The molecule has 128 valence electrons. The molecule has 3 heterocycles. The molecule has 1 N–H and O–H groups in total. The van der Waals surface area contributed by atoms with Crippen LogP contribution in [0.5, 0.6) is 17.4 Å². The van der Waals surface area contributed by atoms with Crippen LogP contribution in [-0.4, -0.2) is 33.9 Å². The lowest BCUT2D eigenvalue weighted by Crippen LogP contribution is -2.23. The molecule has 0 atom stereocenters. The Balaban J connectivity index is 1.46. The van der Waals surface area contributed by atoms with E-state index < -0.39 is 0 Å². The minimum absolute atomic E-state index is 0.225. The third kappa shape index (κ3) is 3.06. The topological polar surface area (TPSA) is 87.0 Å². The molecule has 0 spiro atoms. The van der Waals surface area contributed by atoms with Crippen LogP contribution in [0, 0.1) is 0 Å². The van der Waals surface area contributed by atoms with E-state index in [0.29, 0.717) is 41.9 Å². The first-order chi connectivity index (χ1) is 12.2. The maximum atomic E-state index is 12.3. The van der Waals surface area contributed by atoms with Gasteiger partial charge >= 0.3 is 0 Å². The zero-order valence-electron chi connectivity index (χ0n) is 13.6. The van der Waals surface area contributed by atoms with Crippen molar-refractivity contribution in [1.82, 2.24) is 19.9 Å². The molecule has 0 bridgehead atoms. The number of amides is 1. The molecular weight excluding hydrogens is 324 g/mol. The highest BCUT2D eigenvalue weighted by Crippen LogP contribution is 2.32.